The van der Waals surface area contributed by atoms with Crippen molar-refractivity contribution in [3.8, 4) is 11.3 Å². The monoisotopic (exact) mass is 411 g/mol. The van der Waals surface area contributed by atoms with Gasteiger partial charge in [0.1, 0.15) is 0 Å². The molecule has 154 valence electrons. The fraction of sp³-hybridized carbons (Fsp3) is 0.208. The molecule has 0 bridgehead atoms. The second-order valence-corrected chi connectivity index (χ2v) is 7.75. The van der Waals surface area contributed by atoms with Gasteiger partial charge < -0.3 is 9.32 Å². The van der Waals surface area contributed by atoms with Crippen LogP contribution in [0.4, 0.5) is 0 Å². The summed E-state index contributed by atoms with van der Waals surface area (Å²) in [4.78, 5) is 23.6. The topological polar surface area (TPSA) is 85.0 Å². The number of oxazole rings is 1. The van der Waals surface area contributed by atoms with Gasteiger partial charge in [-0.05, 0) is 55.4 Å². The molecular weight excluding hydrogens is 390 g/mol. The molecule has 0 atom stereocenters. The van der Waals surface area contributed by atoms with E-state index >= 15 is 0 Å². The maximum Gasteiger partial charge on any atom is 0.181 e. The van der Waals surface area contributed by atoms with E-state index in [2.05, 4.69) is 38.2 Å². The number of likely N-dealkylation sites (N-methyl/N-ethyl adjacent to an activating group) is 1. The second kappa shape index (κ2) is 8.20. The van der Waals surface area contributed by atoms with Gasteiger partial charge in [-0.3, -0.25) is 9.78 Å². The first-order valence-corrected chi connectivity index (χ1v) is 10.2. The lowest BCUT2D eigenvalue weighted by molar-refractivity contribution is 0.0991. The van der Waals surface area contributed by atoms with Crippen molar-refractivity contribution in [2.45, 2.75) is 12.8 Å². The van der Waals surface area contributed by atoms with Crippen LogP contribution in [-0.2, 0) is 6.42 Å². The van der Waals surface area contributed by atoms with Gasteiger partial charge >= 0.3 is 0 Å². The molecule has 0 fully saturated rings. The predicted molar refractivity (Wildman–Crippen MR) is 117 cm³/mol. The highest BCUT2D eigenvalue weighted by Gasteiger charge is 2.15. The summed E-state index contributed by atoms with van der Waals surface area (Å²) in [6.45, 7) is 1.90. The number of carbonyl (C=O) groups is 1. The van der Waals surface area contributed by atoms with Crippen LogP contribution in [0.15, 0.2) is 65.7 Å². The Morgan fingerprint density at radius 1 is 1.16 bits per heavy atom. The van der Waals surface area contributed by atoms with Crippen LogP contribution < -0.4 is 0 Å². The number of rotatable bonds is 5. The van der Waals surface area contributed by atoms with Crippen LogP contribution in [-0.4, -0.2) is 51.0 Å². The summed E-state index contributed by atoms with van der Waals surface area (Å²) in [6, 6.07) is 11.3. The normalized spacial score (nSPS) is 14.5. The third-order valence-electron chi connectivity index (χ3n) is 5.52. The third-order valence-corrected chi connectivity index (χ3v) is 5.52. The van der Waals surface area contributed by atoms with Crippen LogP contribution in [0.25, 0.3) is 27.8 Å². The van der Waals surface area contributed by atoms with E-state index in [9.17, 15) is 4.79 Å². The van der Waals surface area contributed by atoms with E-state index in [-0.39, 0.29) is 12.2 Å². The van der Waals surface area contributed by atoms with Crippen LogP contribution in [0.5, 0.6) is 0 Å². The molecule has 0 N–H and O–H groups in total. The molecule has 7 nitrogen and oxygen atoms in total. The number of hydrogen-bond donors (Lipinski definition) is 0. The predicted octanol–water partition coefficient (Wildman–Crippen LogP) is 3.82. The Labute approximate surface area is 179 Å². The van der Waals surface area contributed by atoms with Gasteiger partial charge in [0.25, 0.3) is 0 Å². The van der Waals surface area contributed by atoms with Crippen LogP contribution in [0.1, 0.15) is 28.2 Å². The third kappa shape index (κ3) is 4.13. The van der Waals surface area contributed by atoms with Crippen molar-refractivity contribution in [3.63, 3.8) is 0 Å². The van der Waals surface area contributed by atoms with Crippen molar-refractivity contribution in [2.75, 3.05) is 20.1 Å². The largest absolute Gasteiger partial charge is 0.444 e. The highest BCUT2D eigenvalue weighted by molar-refractivity contribution is 5.98. The molecule has 0 amide bonds. The Kier molecular flexibility index (Phi) is 5.09. The molecule has 0 saturated carbocycles. The number of ketones is 1. The standard InChI is InChI=1S/C24H21N5O2/c1-29-8-5-16(6-9-29)22-12-17(4-7-26-22)23(30)13-20-11-19-10-18(24-14-25-15-31-24)2-3-21(19)28-27-20/h2-5,7,10-12,14-15H,6,8-9,13H2,1H3. The molecule has 1 aliphatic heterocycles. The van der Waals surface area contributed by atoms with Crippen LogP contribution >= 0.6 is 0 Å². The lowest BCUT2D eigenvalue weighted by atomic mass is 10.0. The molecule has 0 saturated heterocycles. The summed E-state index contributed by atoms with van der Waals surface area (Å²) in [5, 5.41) is 9.42. The molecule has 0 unspecified atom stereocenters. The summed E-state index contributed by atoms with van der Waals surface area (Å²) in [6.07, 6.45) is 8.07. The Bertz CT molecular complexity index is 1280. The molecule has 5 rings (SSSR count). The number of aromatic nitrogens is 4. The van der Waals surface area contributed by atoms with Gasteiger partial charge in [-0.15, -0.1) is 0 Å². The Hall–Kier alpha value is -3.71. The van der Waals surface area contributed by atoms with Crippen molar-refractivity contribution >= 4 is 22.3 Å². The number of fused-ring (bicyclic) bond motifs is 1. The maximum atomic E-state index is 12.9. The summed E-state index contributed by atoms with van der Waals surface area (Å²) in [5.74, 6) is 0.682. The first-order valence-electron chi connectivity index (χ1n) is 10.2. The molecule has 0 spiro atoms. The molecule has 31 heavy (non-hydrogen) atoms. The number of hydrogen-bond acceptors (Lipinski definition) is 7. The minimum absolute atomic E-state index is 0.00258. The van der Waals surface area contributed by atoms with Crippen LogP contribution in [0.3, 0.4) is 0 Å². The number of pyridine rings is 1. The van der Waals surface area contributed by atoms with E-state index < -0.39 is 0 Å². The molecule has 1 aromatic carbocycles. The van der Waals surface area contributed by atoms with Crippen LogP contribution in [0.2, 0.25) is 0 Å². The minimum atomic E-state index is -0.00258. The second-order valence-electron chi connectivity index (χ2n) is 7.75. The minimum Gasteiger partial charge on any atom is -0.444 e. The molecule has 3 aromatic heterocycles. The summed E-state index contributed by atoms with van der Waals surface area (Å²) >= 11 is 0. The average molecular weight is 411 g/mol. The van der Waals surface area contributed by atoms with E-state index in [1.165, 1.54) is 12.0 Å². The van der Waals surface area contributed by atoms with Gasteiger partial charge in [0.15, 0.2) is 17.9 Å². The van der Waals surface area contributed by atoms with E-state index in [1.54, 1.807) is 18.5 Å². The fourth-order valence-corrected chi connectivity index (χ4v) is 3.74. The van der Waals surface area contributed by atoms with Gasteiger partial charge in [-0.2, -0.15) is 10.2 Å². The first-order chi connectivity index (χ1) is 15.2. The molecule has 0 radical (unpaired) electrons. The SMILES string of the molecule is CN1CC=C(c2cc(C(=O)Cc3cc4cc(-c5cnco5)ccc4nn3)ccn2)CC1. The highest BCUT2D eigenvalue weighted by atomic mass is 16.3. The van der Waals surface area contributed by atoms with Crippen LogP contribution in [0, 0.1) is 0 Å². The van der Waals surface area contributed by atoms with Gasteiger partial charge in [0, 0.05) is 35.8 Å². The molecule has 0 aliphatic carbocycles. The van der Waals surface area contributed by atoms with Gasteiger partial charge in [0.05, 0.1) is 29.5 Å². The Balaban J connectivity index is 1.38. The smallest absolute Gasteiger partial charge is 0.181 e. The molecular formula is C24H21N5O2. The summed E-state index contributed by atoms with van der Waals surface area (Å²) in [5.41, 5.74) is 5.00. The molecule has 7 heteroatoms. The fourth-order valence-electron chi connectivity index (χ4n) is 3.74. The van der Waals surface area contributed by atoms with E-state index in [4.69, 9.17) is 4.42 Å². The van der Waals surface area contributed by atoms with Gasteiger partial charge in [-0.1, -0.05) is 6.08 Å². The quantitative estimate of drug-likeness (QED) is 0.462. The maximum absolute atomic E-state index is 12.9. The zero-order chi connectivity index (χ0) is 21.2. The van der Waals surface area contributed by atoms with Crippen molar-refractivity contribution in [3.05, 3.63) is 78.2 Å². The molecule has 4 heterocycles. The zero-order valence-electron chi connectivity index (χ0n) is 17.2. The lowest BCUT2D eigenvalue weighted by Gasteiger charge is -2.21. The number of benzene rings is 1. The first kappa shape index (κ1) is 19.3. The highest BCUT2D eigenvalue weighted by Crippen LogP contribution is 2.24. The number of Topliss-reactive ketones (excluding diaryl/α,β-unsaturated/α-hetero) is 1. The van der Waals surface area contributed by atoms with Crippen molar-refractivity contribution in [1.29, 1.82) is 0 Å². The Morgan fingerprint density at radius 2 is 2.10 bits per heavy atom. The molecule has 4 aromatic rings. The average Bonchev–Trinajstić information content (AvgIpc) is 3.34. The number of carbonyl (C=O) groups excluding carboxylic acids is 1. The van der Waals surface area contributed by atoms with Crippen molar-refractivity contribution < 1.29 is 9.21 Å². The lowest BCUT2D eigenvalue weighted by Crippen LogP contribution is -2.23. The molecule has 1 aliphatic rings. The van der Waals surface area contributed by atoms with Crippen molar-refractivity contribution in [2.24, 2.45) is 0 Å². The summed E-state index contributed by atoms with van der Waals surface area (Å²) in [7, 11) is 2.10. The number of nitrogens with zero attached hydrogens (tertiary/aromatic N) is 5. The van der Waals surface area contributed by atoms with E-state index in [0.717, 1.165) is 41.7 Å². The van der Waals surface area contributed by atoms with Gasteiger partial charge in [0.2, 0.25) is 0 Å². The zero-order valence-corrected chi connectivity index (χ0v) is 17.2. The van der Waals surface area contributed by atoms with Crippen molar-refractivity contribution in [1.82, 2.24) is 25.1 Å². The Morgan fingerprint density at radius 3 is 2.90 bits per heavy atom. The van der Waals surface area contributed by atoms with E-state index in [1.807, 2.05) is 30.3 Å². The van der Waals surface area contributed by atoms with E-state index in [0.29, 0.717) is 17.0 Å². The van der Waals surface area contributed by atoms with Gasteiger partial charge in [-0.25, -0.2) is 4.98 Å². The summed E-state index contributed by atoms with van der Waals surface area (Å²) < 4.78 is 5.37.